The van der Waals surface area contributed by atoms with Crippen molar-refractivity contribution in [2.45, 2.75) is 46.0 Å². The highest BCUT2D eigenvalue weighted by Crippen LogP contribution is 2.26. The Labute approximate surface area is 137 Å². The summed E-state index contributed by atoms with van der Waals surface area (Å²) in [5, 5.41) is 13.3. The molecule has 2 rings (SSSR count). The molecule has 23 heavy (non-hydrogen) atoms. The minimum Gasteiger partial charge on any atom is -0.421 e. The second-order valence-corrected chi connectivity index (χ2v) is 6.75. The van der Waals surface area contributed by atoms with Crippen LogP contribution >= 0.6 is 0 Å². The summed E-state index contributed by atoms with van der Waals surface area (Å²) in [6, 6.07) is 10.2. The van der Waals surface area contributed by atoms with Crippen LogP contribution < -0.4 is 5.43 Å². The quantitative estimate of drug-likeness (QED) is 0.670. The number of anilines is 1. The van der Waals surface area contributed by atoms with E-state index in [0.717, 1.165) is 5.56 Å². The zero-order chi connectivity index (χ0) is 17.0. The summed E-state index contributed by atoms with van der Waals surface area (Å²) in [6.45, 7) is 10.2. The summed E-state index contributed by atoms with van der Waals surface area (Å²) in [5.41, 5.74) is 4.96. The standard InChI is InChI=1S/C18H22N4O/c1-12(2)14-8-6-13(7-9-14)11-20-22-16-15(10-19)21-17(23-16)18(3,4)5/h6-9,11-12,22H,1-5H3. The lowest BCUT2D eigenvalue weighted by Gasteiger charge is -2.11. The maximum absolute atomic E-state index is 9.13. The van der Waals surface area contributed by atoms with Gasteiger partial charge in [0.25, 0.3) is 5.88 Å². The zero-order valence-corrected chi connectivity index (χ0v) is 14.2. The fraction of sp³-hybridized carbons (Fsp3) is 0.389. The van der Waals surface area contributed by atoms with Gasteiger partial charge in [0.2, 0.25) is 11.6 Å². The summed E-state index contributed by atoms with van der Waals surface area (Å²) >= 11 is 0. The van der Waals surface area contributed by atoms with Crippen molar-refractivity contribution in [2.24, 2.45) is 5.10 Å². The molecule has 0 amide bonds. The molecule has 0 saturated carbocycles. The van der Waals surface area contributed by atoms with E-state index in [9.17, 15) is 0 Å². The molecule has 0 atom stereocenters. The summed E-state index contributed by atoms with van der Waals surface area (Å²) in [5.74, 6) is 1.28. The molecule has 0 aliphatic heterocycles. The number of benzene rings is 1. The maximum atomic E-state index is 9.13. The van der Waals surface area contributed by atoms with E-state index in [1.807, 2.05) is 39.0 Å². The van der Waals surface area contributed by atoms with Gasteiger partial charge < -0.3 is 4.42 Å². The molecular weight excluding hydrogens is 288 g/mol. The van der Waals surface area contributed by atoms with Crippen LogP contribution in [0.3, 0.4) is 0 Å². The molecule has 0 bridgehead atoms. The Balaban J connectivity index is 2.11. The Bertz CT molecular complexity index is 728. The van der Waals surface area contributed by atoms with Gasteiger partial charge in [0.15, 0.2) is 0 Å². The first-order valence-electron chi connectivity index (χ1n) is 7.61. The molecule has 0 saturated heterocycles. The number of oxazole rings is 1. The topological polar surface area (TPSA) is 74.2 Å². The van der Waals surface area contributed by atoms with Crippen molar-refractivity contribution < 1.29 is 4.42 Å². The number of nitrogens with one attached hydrogen (secondary N) is 1. The zero-order valence-electron chi connectivity index (χ0n) is 14.2. The Morgan fingerprint density at radius 3 is 2.43 bits per heavy atom. The van der Waals surface area contributed by atoms with Gasteiger partial charge in [0.05, 0.1) is 6.21 Å². The third-order valence-electron chi connectivity index (χ3n) is 3.36. The number of nitriles is 1. The SMILES string of the molecule is CC(C)c1ccc(C=NNc2oc(C(C)(C)C)nc2C#N)cc1. The van der Waals surface area contributed by atoms with Gasteiger partial charge in [0.1, 0.15) is 6.07 Å². The van der Waals surface area contributed by atoms with Crippen LogP contribution in [0.15, 0.2) is 33.8 Å². The lowest BCUT2D eigenvalue weighted by Crippen LogP contribution is -2.11. The molecule has 5 nitrogen and oxygen atoms in total. The van der Waals surface area contributed by atoms with Gasteiger partial charge in [-0.05, 0) is 17.0 Å². The van der Waals surface area contributed by atoms with E-state index in [1.165, 1.54) is 5.56 Å². The van der Waals surface area contributed by atoms with Crippen molar-refractivity contribution in [1.29, 1.82) is 5.26 Å². The van der Waals surface area contributed by atoms with Gasteiger partial charge in [-0.15, -0.1) is 0 Å². The first-order valence-corrected chi connectivity index (χ1v) is 7.61. The molecule has 0 fully saturated rings. The van der Waals surface area contributed by atoms with Gasteiger partial charge >= 0.3 is 0 Å². The first kappa shape index (κ1) is 16.8. The van der Waals surface area contributed by atoms with Crippen molar-refractivity contribution in [2.75, 3.05) is 5.43 Å². The van der Waals surface area contributed by atoms with Gasteiger partial charge in [-0.25, -0.2) is 5.43 Å². The number of hydrogen-bond acceptors (Lipinski definition) is 5. The molecule has 0 radical (unpaired) electrons. The van der Waals surface area contributed by atoms with Crippen molar-refractivity contribution in [3.63, 3.8) is 0 Å². The third kappa shape index (κ3) is 4.19. The number of rotatable bonds is 4. The molecule has 1 aromatic heterocycles. The van der Waals surface area contributed by atoms with E-state index in [2.05, 4.69) is 41.5 Å². The van der Waals surface area contributed by atoms with Crippen LogP contribution in [0.1, 0.15) is 63.2 Å². The third-order valence-corrected chi connectivity index (χ3v) is 3.36. The van der Waals surface area contributed by atoms with E-state index in [0.29, 0.717) is 11.8 Å². The molecular formula is C18H22N4O. The van der Waals surface area contributed by atoms with E-state index in [1.54, 1.807) is 6.21 Å². The van der Waals surface area contributed by atoms with Crippen LogP contribution in [0.5, 0.6) is 0 Å². The normalized spacial score (nSPS) is 11.9. The van der Waals surface area contributed by atoms with Gasteiger partial charge in [0, 0.05) is 5.41 Å². The van der Waals surface area contributed by atoms with E-state index in [4.69, 9.17) is 9.68 Å². The Kier molecular flexibility index (Phi) is 4.85. The molecule has 0 aliphatic rings. The Morgan fingerprint density at radius 2 is 1.91 bits per heavy atom. The Hall–Kier alpha value is -2.61. The molecule has 0 unspecified atom stereocenters. The highest BCUT2D eigenvalue weighted by atomic mass is 16.4. The fourth-order valence-corrected chi connectivity index (χ4v) is 1.92. The van der Waals surface area contributed by atoms with Crippen molar-refractivity contribution in [1.82, 2.24) is 4.98 Å². The molecule has 0 aliphatic carbocycles. The van der Waals surface area contributed by atoms with Gasteiger partial charge in [-0.1, -0.05) is 58.9 Å². The average molecular weight is 310 g/mol. The number of aromatic nitrogens is 1. The largest absolute Gasteiger partial charge is 0.421 e. The van der Waals surface area contributed by atoms with Gasteiger partial charge in [-0.3, -0.25) is 0 Å². The Morgan fingerprint density at radius 1 is 1.26 bits per heavy atom. The first-order chi connectivity index (χ1) is 10.8. The molecule has 1 aromatic carbocycles. The predicted molar refractivity (Wildman–Crippen MR) is 91.7 cm³/mol. The van der Waals surface area contributed by atoms with E-state index in [-0.39, 0.29) is 17.0 Å². The monoisotopic (exact) mass is 310 g/mol. The molecule has 120 valence electrons. The van der Waals surface area contributed by atoms with Crippen molar-refractivity contribution >= 4 is 12.1 Å². The summed E-state index contributed by atoms with van der Waals surface area (Å²) in [4.78, 5) is 4.19. The summed E-state index contributed by atoms with van der Waals surface area (Å²) in [6.07, 6.45) is 1.69. The number of nitrogens with zero attached hydrogens (tertiary/aromatic N) is 3. The van der Waals surface area contributed by atoms with Crippen LogP contribution in [-0.4, -0.2) is 11.2 Å². The lowest BCUT2D eigenvalue weighted by molar-refractivity contribution is 0.399. The molecule has 1 N–H and O–H groups in total. The van der Waals surface area contributed by atoms with Crippen molar-refractivity contribution in [3.05, 3.63) is 47.0 Å². The average Bonchev–Trinajstić information content (AvgIpc) is 2.91. The highest BCUT2D eigenvalue weighted by Gasteiger charge is 2.23. The van der Waals surface area contributed by atoms with Gasteiger partial charge in [-0.2, -0.15) is 15.3 Å². The molecule has 2 aromatic rings. The van der Waals surface area contributed by atoms with E-state index < -0.39 is 0 Å². The molecule has 1 heterocycles. The van der Waals surface area contributed by atoms with Crippen LogP contribution in [0, 0.1) is 11.3 Å². The lowest BCUT2D eigenvalue weighted by atomic mass is 9.97. The second-order valence-electron chi connectivity index (χ2n) is 6.75. The number of hydrogen-bond donors (Lipinski definition) is 1. The predicted octanol–water partition coefficient (Wildman–Crippen LogP) is 4.41. The summed E-state index contributed by atoms with van der Waals surface area (Å²) in [7, 11) is 0. The van der Waals surface area contributed by atoms with Crippen molar-refractivity contribution in [3.8, 4) is 6.07 Å². The number of hydrazone groups is 1. The minimum absolute atomic E-state index is 0.210. The van der Waals surface area contributed by atoms with Crippen LogP contribution in [-0.2, 0) is 5.41 Å². The van der Waals surface area contributed by atoms with Crippen LogP contribution in [0.25, 0.3) is 0 Å². The van der Waals surface area contributed by atoms with E-state index >= 15 is 0 Å². The second kappa shape index (κ2) is 6.66. The molecule has 5 heteroatoms. The maximum Gasteiger partial charge on any atom is 0.252 e. The van der Waals surface area contributed by atoms with Crippen LogP contribution in [0.2, 0.25) is 0 Å². The highest BCUT2D eigenvalue weighted by molar-refractivity contribution is 5.80. The fourth-order valence-electron chi connectivity index (χ4n) is 1.92. The molecule has 0 spiro atoms. The minimum atomic E-state index is -0.262. The summed E-state index contributed by atoms with van der Waals surface area (Å²) < 4.78 is 5.60. The smallest absolute Gasteiger partial charge is 0.252 e. The van der Waals surface area contributed by atoms with Crippen LogP contribution in [0.4, 0.5) is 5.88 Å².